The monoisotopic (exact) mass is 237 g/mol. The van der Waals surface area contributed by atoms with Crippen LogP contribution in [0.2, 0.25) is 0 Å². The number of benzene rings is 1. The van der Waals surface area contributed by atoms with Gasteiger partial charge in [0, 0.05) is 36.6 Å². The largest absolute Gasteiger partial charge is 0.493 e. The molecule has 17 heavy (non-hydrogen) atoms. The molecule has 0 radical (unpaired) electrons. The van der Waals surface area contributed by atoms with E-state index in [1.54, 1.807) is 0 Å². The van der Waals surface area contributed by atoms with Crippen LogP contribution >= 0.6 is 0 Å². The number of nitrogens with zero attached hydrogens (tertiary/aromatic N) is 1. The maximum Gasteiger partial charge on any atom is 0.123 e. The summed E-state index contributed by atoms with van der Waals surface area (Å²) >= 11 is 0. The third kappa shape index (κ3) is 5.45. The van der Waals surface area contributed by atoms with E-state index in [-0.39, 0.29) is 0 Å². The van der Waals surface area contributed by atoms with Crippen molar-refractivity contribution in [3.63, 3.8) is 0 Å². The lowest BCUT2D eigenvalue weighted by Gasteiger charge is -2.13. The van der Waals surface area contributed by atoms with E-state index in [0.717, 1.165) is 43.2 Å². The van der Waals surface area contributed by atoms with E-state index >= 15 is 0 Å². The van der Waals surface area contributed by atoms with Crippen molar-refractivity contribution in [2.24, 2.45) is 0 Å². The van der Waals surface area contributed by atoms with Crippen LogP contribution in [0.25, 0.3) is 0 Å². The SMILES string of the molecule is CCCOc1cc(N)cc(NCCN(C)C)c1. The third-order valence-electron chi connectivity index (χ3n) is 2.29. The van der Waals surface area contributed by atoms with Crippen molar-refractivity contribution in [2.75, 3.05) is 44.8 Å². The Balaban J connectivity index is 2.55. The average molecular weight is 237 g/mol. The number of nitrogens with one attached hydrogen (secondary N) is 1. The minimum absolute atomic E-state index is 0.723. The second-order valence-corrected chi connectivity index (χ2v) is 4.37. The lowest BCUT2D eigenvalue weighted by molar-refractivity contribution is 0.318. The molecule has 1 rings (SSSR count). The molecule has 1 aromatic carbocycles. The molecular formula is C13H23N3O. The average Bonchev–Trinajstić information content (AvgIpc) is 2.25. The van der Waals surface area contributed by atoms with E-state index in [0.29, 0.717) is 0 Å². The summed E-state index contributed by atoms with van der Waals surface area (Å²) in [4.78, 5) is 2.13. The number of ether oxygens (including phenoxy) is 1. The first-order valence-corrected chi connectivity index (χ1v) is 6.03. The minimum Gasteiger partial charge on any atom is -0.493 e. The molecule has 96 valence electrons. The molecule has 0 saturated carbocycles. The maximum absolute atomic E-state index is 5.83. The molecule has 0 aliphatic heterocycles. The molecule has 0 saturated heterocycles. The second-order valence-electron chi connectivity index (χ2n) is 4.37. The molecule has 0 aliphatic carbocycles. The number of nitrogens with two attached hydrogens (primary N) is 1. The first-order valence-electron chi connectivity index (χ1n) is 6.03. The maximum atomic E-state index is 5.83. The first-order chi connectivity index (χ1) is 8.11. The van der Waals surface area contributed by atoms with E-state index in [2.05, 4.69) is 31.2 Å². The molecule has 4 nitrogen and oxygen atoms in total. The van der Waals surface area contributed by atoms with E-state index in [1.807, 2.05) is 18.2 Å². The van der Waals surface area contributed by atoms with E-state index in [9.17, 15) is 0 Å². The lowest BCUT2D eigenvalue weighted by Crippen LogP contribution is -2.20. The predicted molar refractivity (Wildman–Crippen MR) is 73.7 cm³/mol. The standard InChI is InChI=1S/C13H23N3O/c1-4-7-17-13-9-11(14)8-12(10-13)15-5-6-16(2)3/h8-10,15H,4-7,14H2,1-3H3. The van der Waals surface area contributed by atoms with Crippen LogP contribution in [0.15, 0.2) is 18.2 Å². The van der Waals surface area contributed by atoms with Gasteiger partial charge in [0.05, 0.1) is 6.61 Å². The molecular weight excluding hydrogens is 214 g/mol. The molecule has 0 amide bonds. The van der Waals surface area contributed by atoms with Gasteiger partial charge in [-0.05, 0) is 26.6 Å². The summed E-state index contributed by atoms with van der Waals surface area (Å²) < 4.78 is 5.57. The van der Waals surface area contributed by atoms with Gasteiger partial charge in [0.25, 0.3) is 0 Å². The predicted octanol–water partition coefficient (Wildman–Crippen LogP) is 2.03. The highest BCUT2D eigenvalue weighted by atomic mass is 16.5. The van der Waals surface area contributed by atoms with Crippen LogP contribution in [0, 0.1) is 0 Å². The smallest absolute Gasteiger partial charge is 0.123 e. The van der Waals surface area contributed by atoms with Crippen LogP contribution in [-0.4, -0.2) is 38.7 Å². The van der Waals surface area contributed by atoms with Gasteiger partial charge in [-0.2, -0.15) is 0 Å². The topological polar surface area (TPSA) is 50.5 Å². The van der Waals surface area contributed by atoms with Crippen LogP contribution in [0.4, 0.5) is 11.4 Å². The summed E-state index contributed by atoms with van der Waals surface area (Å²) in [6, 6.07) is 5.77. The highest BCUT2D eigenvalue weighted by molar-refractivity contribution is 5.59. The molecule has 3 N–H and O–H groups in total. The van der Waals surface area contributed by atoms with Gasteiger partial charge in [-0.3, -0.25) is 0 Å². The zero-order valence-electron chi connectivity index (χ0n) is 11.0. The van der Waals surface area contributed by atoms with Crippen molar-refractivity contribution in [3.05, 3.63) is 18.2 Å². The summed E-state index contributed by atoms with van der Waals surface area (Å²) in [6.07, 6.45) is 0.998. The zero-order chi connectivity index (χ0) is 12.7. The summed E-state index contributed by atoms with van der Waals surface area (Å²) in [7, 11) is 4.10. The quantitative estimate of drug-likeness (QED) is 0.712. The minimum atomic E-state index is 0.723. The molecule has 0 aliphatic rings. The highest BCUT2D eigenvalue weighted by Gasteiger charge is 2.00. The Morgan fingerprint density at radius 3 is 2.71 bits per heavy atom. The molecule has 0 bridgehead atoms. The normalized spacial score (nSPS) is 10.6. The van der Waals surface area contributed by atoms with Crippen molar-refractivity contribution in [2.45, 2.75) is 13.3 Å². The first kappa shape index (κ1) is 13.6. The Morgan fingerprint density at radius 2 is 2.06 bits per heavy atom. The fraction of sp³-hybridized carbons (Fsp3) is 0.538. The molecule has 0 unspecified atom stereocenters. The van der Waals surface area contributed by atoms with Gasteiger partial charge < -0.3 is 20.7 Å². The van der Waals surface area contributed by atoms with Gasteiger partial charge >= 0.3 is 0 Å². The molecule has 0 atom stereocenters. The number of nitrogen functional groups attached to an aromatic ring is 1. The summed E-state index contributed by atoms with van der Waals surface area (Å²) in [5.41, 5.74) is 7.57. The molecule has 0 aromatic heterocycles. The van der Waals surface area contributed by atoms with Crippen LogP contribution in [0.3, 0.4) is 0 Å². The number of likely N-dealkylation sites (N-methyl/N-ethyl adjacent to an activating group) is 1. The van der Waals surface area contributed by atoms with Crippen LogP contribution in [-0.2, 0) is 0 Å². The Bertz CT molecular complexity index is 339. The summed E-state index contributed by atoms with van der Waals surface area (Å²) in [5.74, 6) is 0.833. The fourth-order valence-electron chi connectivity index (χ4n) is 1.45. The Kier molecular flexibility index (Phi) is 5.63. The number of rotatable bonds is 7. The van der Waals surface area contributed by atoms with Crippen molar-refractivity contribution in [1.82, 2.24) is 4.90 Å². The highest BCUT2D eigenvalue weighted by Crippen LogP contribution is 2.22. The molecule has 0 heterocycles. The van der Waals surface area contributed by atoms with Gasteiger partial charge in [-0.15, -0.1) is 0 Å². The Morgan fingerprint density at radius 1 is 1.29 bits per heavy atom. The van der Waals surface area contributed by atoms with Crippen molar-refractivity contribution in [3.8, 4) is 5.75 Å². The van der Waals surface area contributed by atoms with Crippen LogP contribution in [0.5, 0.6) is 5.75 Å². The number of hydrogen-bond donors (Lipinski definition) is 2. The van der Waals surface area contributed by atoms with Crippen LogP contribution < -0.4 is 15.8 Å². The molecule has 0 spiro atoms. The zero-order valence-corrected chi connectivity index (χ0v) is 11.0. The van der Waals surface area contributed by atoms with Crippen molar-refractivity contribution in [1.29, 1.82) is 0 Å². The van der Waals surface area contributed by atoms with Crippen molar-refractivity contribution >= 4 is 11.4 Å². The molecule has 4 heteroatoms. The van der Waals surface area contributed by atoms with Gasteiger partial charge in [-0.25, -0.2) is 0 Å². The number of anilines is 2. The molecule has 0 fully saturated rings. The van der Waals surface area contributed by atoms with Crippen LogP contribution in [0.1, 0.15) is 13.3 Å². The van der Waals surface area contributed by atoms with Gasteiger partial charge in [0.1, 0.15) is 5.75 Å². The molecule has 1 aromatic rings. The fourth-order valence-corrected chi connectivity index (χ4v) is 1.45. The van der Waals surface area contributed by atoms with Gasteiger partial charge in [0.15, 0.2) is 0 Å². The Hall–Kier alpha value is -1.42. The Labute approximate surface area is 104 Å². The second kappa shape index (κ2) is 7.01. The van der Waals surface area contributed by atoms with Gasteiger partial charge in [-0.1, -0.05) is 6.92 Å². The number of hydrogen-bond acceptors (Lipinski definition) is 4. The van der Waals surface area contributed by atoms with Gasteiger partial charge in [0.2, 0.25) is 0 Å². The summed E-state index contributed by atoms with van der Waals surface area (Å²) in [5, 5.41) is 3.33. The third-order valence-corrected chi connectivity index (χ3v) is 2.29. The van der Waals surface area contributed by atoms with E-state index in [1.165, 1.54) is 0 Å². The van der Waals surface area contributed by atoms with Crippen molar-refractivity contribution < 1.29 is 4.74 Å². The summed E-state index contributed by atoms with van der Waals surface area (Å²) in [6.45, 7) is 4.69. The lowest BCUT2D eigenvalue weighted by atomic mass is 10.2. The van der Waals surface area contributed by atoms with E-state index < -0.39 is 0 Å². The van der Waals surface area contributed by atoms with E-state index in [4.69, 9.17) is 10.5 Å².